The van der Waals surface area contributed by atoms with E-state index < -0.39 is 17.7 Å². The Bertz CT molecular complexity index is 911. The second-order valence-corrected chi connectivity index (χ2v) is 6.99. The number of benzene rings is 2. The number of hydrazine groups is 1. The molecule has 1 aliphatic rings. The van der Waals surface area contributed by atoms with Crippen molar-refractivity contribution in [3.63, 3.8) is 0 Å². The minimum Gasteiger partial charge on any atom is -0.497 e. The summed E-state index contributed by atoms with van der Waals surface area (Å²) >= 11 is 0. The molecule has 3 rings (SSSR count). The smallest absolute Gasteiger partial charge is 0.269 e. The van der Waals surface area contributed by atoms with Gasteiger partial charge in [-0.25, -0.2) is 0 Å². The molecule has 0 saturated carbocycles. The monoisotopic (exact) mass is 396 g/mol. The van der Waals surface area contributed by atoms with Crippen LogP contribution in [0.5, 0.6) is 5.75 Å². The topological polar surface area (TPSA) is 91.0 Å². The normalized spacial score (nSPS) is 15.8. The molecule has 8 heteroatoms. The number of carbonyl (C=O) groups excluding carboxylic acids is 3. The molecule has 0 radical (unpaired) electrons. The van der Waals surface area contributed by atoms with Crippen LogP contribution in [0.25, 0.3) is 0 Å². The number of methoxy groups -OCH3 is 1. The molecule has 152 valence electrons. The van der Waals surface area contributed by atoms with Crippen LogP contribution >= 0.6 is 0 Å². The molecule has 0 aromatic heterocycles. The van der Waals surface area contributed by atoms with Gasteiger partial charge in [0.05, 0.1) is 13.0 Å². The fraction of sp³-hybridized carbons (Fsp3) is 0.286. The molecule has 1 atom stereocenters. The van der Waals surface area contributed by atoms with Crippen molar-refractivity contribution in [2.24, 2.45) is 5.92 Å². The van der Waals surface area contributed by atoms with E-state index in [1.54, 1.807) is 54.5 Å². The SMILES string of the molecule is COc1ccc(N2C[C@H](C(=O)NNC(=O)c3cccc(N(C)C)c3)CC2=O)cc1. The van der Waals surface area contributed by atoms with Gasteiger partial charge in [0.1, 0.15) is 5.75 Å². The van der Waals surface area contributed by atoms with Gasteiger partial charge < -0.3 is 14.5 Å². The molecule has 0 bridgehead atoms. The first-order chi connectivity index (χ1) is 13.9. The molecular formula is C21H24N4O4. The maximum atomic E-state index is 12.4. The largest absolute Gasteiger partial charge is 0.497 e. The van der Waals surface area contributed by atoms with Crippen molar-refractivity contribution >= 4 is 29.1 Å². The number of rotatable bonds is 5. The number of anilines is 2. The second-order valence-electron chi connectivity index (χ2n) is 6.99. The Morgan fingerprint density at radius 2 is 1.83 bits per heavy atom. The number of nitrogens with zero attached hydrogens (tertiary/aromatic N) is 2. The van der Waals surface area contributed by atoms with Gasteiger partial charge in [-0.2, -0.15) is 0 Å². The fourth-order valence-electron chi connectivity index (χ4n) is 3.11. The first-order valence-electron chi connectivity index (χ1n) is 9.21. The van der Waals surface area contributed by atoms with Crippen molar-refractivity contribution < 1.29 is 19.1 Å². The minimum absolute atomic E-state index is 0.0872. The van der Waals surface area contributed by atoms with Crippen LogP contribution in [0.1, 0.15) is 16.8 Å². The second kappa shape index (κ2) is 8.64. The summed E-state index contributed by atoms with van der Waals surface area (Å²) in [5, 5.41) is 0. The fourth-order valence-corrected chi connectivity index (χ4v) is 3.11. The standard InChI is InChI=1S/C21H24N4O4/c1-24(2)17-6-4-5-14(11-17)20(27)22-23-21(28)15-12-19(26)25(13-15)16-7-9-18(29-3)10-8-16/h4-11,15H,12-13H2,1-3H3,(H,22,27)(H,23,28)/t15-/m1/s1. The molecule has 0 unspecified atom stereocenters. The molecule has 1 fully saturated rings. The summed E-state index contributed by atoms with van der Waals surface area (Å²) in [5.41, 5.74) is 6.86. The van der Waals surface area contributed by atoms with Gasteiger partial charge in [0.25, 0.3) is 5.91 Å². The predicted octanol–water partition coefficient (Wildman–Crippen LogP) is 1.58. The Hall–Kier alpha value is -3.55. The summed E-state index contributed by atoms with van der Waals surface area (Å²) in [5.74, 6) is -0.807. The average molecular weight is 396 g/mol. The molecule has 1 saturated heterocycles. The number of amides is 3. The van der Waals surface area contributed by atoms with E-state index in [9.17, 15) is 14.4 Å². The van der Waals surface area contributed by atoms with Crippen LogP contribution in [0.15, 0.2) is 48.5 Å². The van der Waals surface area contributed by atoms with E-state index in [1.807, 2.05) is 25.1 Å². The van der Waals surface area contributed by atoms with Crippen molar-refractivity contribution in [1.29, 1.82) is 0 Å². The van der Waals surface area contributed by atoms with Crippen LogP contribution in [-0.2, 0) is 9.59 Å². The maximum Gasteiger partial charge on any atom is 0.269 e. The predicted molar refractivity (Wildman–Crippen MR) is 110 cm³/mol. The van der Waals surface area contributed by atoms with Gasteiger partial charge in [-0.3, -0.25) is 25.2 Å². The van der Waals surface area contributed by atoms with E-state index in [2.05, 4.69) is 10.9 Å². The van der Waals surface area contributed by atoms with Crippen LogP contribution in [0.2, 0.25) is 0 Å². The first-order valence-corrected chi connectivity index (χ1v) is 9.21. The van der Waals surface area contributed by atoms with Gasteiger partial charge in [-0.15, -0.1) is 0 Å². The van der Waals surface area contributed by atoms with Gasteiger partial charge in [-0.1, -0.05) is 6.07 Å². The number of hydrogen-bond acceptors (Lipinski definition) is 5. The summed E-state index contributed by atoms with van der Waals surface area (Å²) in [6.45, 7) is 0.253. The molecule has 2 aromatic rings. The van der Waals surface area contributed by atoms with E-state index in [1.165, 1.54) is 0 Å². The van der Waals surface area contributed by atoms with E-state index in [0.717, 1.165) is 5.69 Å². The Labute approximate surface area is 169 Å². The first kappa shape index (κ1) is 20.2. The van der Waals surface area contributed by atoms with Crippen LogP contribution < -0.4 is 25.4 Å². The van der Waals surface area contributed by atoms with Gasteiger partial charge in [0, 0.05) is 44.0 Å². The summed E-state index contributed by atoms with van der Waals surface area (Å²) in [6, 6.07) is 14.1. The van der Waals surface area contributed by atoms with Crippen molar-refractivity contribution in [3.05, 3.63) is 54.1 Å². The molecule has 1 heterocycles. The van der Waals surface area contributed by atoms with Crippen molar-refractivity contribution in [3.8, 4) is 5.75 Å². The van der Waals surface area contributed by atoms with E-state index >= 15 is 0 Å². The number of nitrogens with one attached hydrogen (secondary N) is 2. The van der Waals surface area contributed by atoms with E-state index in [0.29, 0.717) is 17.0 Å². The van der Waals surface area contributed by atoms with Gasteiger partial charge in [-0.05, 0) is 42.5 Å². The highest BCUT2D eigenvalue weighted by molar-refractivity contribution is 6.01. The zero-order valence-electron chi connectivity index (χ0n) is 16.6. The third-order valence-corrected chi connectivity index (χ3v) is 4.80. The van der Waals surface area contributed by atoms with Crippen molar-refractivity contribution in [2.75, 3.05) is 37.5 Å². The zero-order valence-corrected chi connectivity index (χ0v) is 16.6. The highest BCUT2D eigenvalue weighted by atomic mass is 16.5. The highest BCUT2D eigenvalue weighted by Crippen LogP contribution is 2.26. The summed E-state index contributed by atoms with van der Waals surface area (Å²) in [4.78, 5) is 40.5. The molecule has 2 N–H and O–H groups in total. The Balaban J connectivity index is 1.57. The lowest BCUT2D eigenvalue weighted by atomic mass is 10.1. The van der Waals surface area contributed by atoms with Gasteiger partial charge in [0.15, 0.2) is 0 Å². The van der Waals surface area contributed by atoms with Crippen LogP contribution in [0.4, 0.5) is 11.4 Å². The quantitative estimate of drug-likeness (QED) is 0.749. The van der Waals surface area contributed by atoms with Crippen LogP contribution in [-0.4, -0.2) is 45.5 Å². The van der Waals surface area contributed by atoms with Gasteiger partial charge in [0.2, 0.25) is 11.8 Å². The molecule has 0 spiro atoms. The molecule has 2 aromatic carbocycles. The molecule has 8 nitrogen and oxygen atoms in total. The highest BCUT2D eigenvalue weighted by Gasteiger charge is 2.35. The Morgan fingerprint density at radius 1 is 1.10 bits per heavy atom. The third kappa shape index (κ3) is 4.66. The van der Waals surface area contributed by atoms with Crippen LogP contribution in [0.3, 0.4) is 0 Å². The van der Waals surface area contributed by atoms with Crippen LogP contribution in [0, 0.1) is 5.92 Å². The average Bonchev–Trinajstić information content (AvgIpc) is 3.13. The van der Waals surface area contributed by atoms with E-state index in [-0.39, 0.29) is 18.9 Å². The number of carbonyl (C=O) groups is 3. The number of ether oxygens (including phenoxy) is 1. The molecule has 1 aliphatic heterocycles. The van der Waals surface area contributed by atoms with E-state index in [4.69, 9.17) is 4.74 Å². The number of hydrogen-bond donors (Lipinski definition) is 2. The lowest BCUT2D eigenvalue weighted by molar-refractivity contribution is -0.126. The summed E-state index contributed by atoms with van der Waals surface area (Å²) in [6.07, 6.45) is 0.0872. The summed E-state index contributed by atoms with van der Waals surface area (Å²) < 4.78 is 5.12. The lowest BCUT2D eigenvalue weighted by Gasteiger charge is -2.17. The maximum absolute atomic E-state index is 12.4. The van der Waals surface area contributed by atoms with Gasteiger partial charge >= 0.3 is 0 Å². The van der Waals surface area contributed by atoms with Crippen molar-refractivity contribution in [2.45, 2.75) is 6.42 Å². The Morgan fingerprint density at radius 3 is 2.48 bits per heavy atom. The third-order valence-electron chi connectivity index (χ3n) is 4.80. The molecule has 3 amide bonds. The molecule has 0 aliphatic carbocycles. The lowest BCUT2D eigenvalue weighted by Crippen LogP contribution is -2.45. The molecular weight excluding hydrogens is 372 g/mol. The Kier molecular flexibility index (Phi) is 6.01. The van der Waals surface area contributed by atoms with Crippen molar-refractivity contribution in [1.82, 2.24) is 10.9 Å². The minimum atomic E-state index is -0.544. The molecule has 29 heavy (non-hydrogen) atoms. The zero-order chi connectivity index (χ0) is 21.0. The summed E-state index contributed by atoms with van der Waals surface area (Å²) in [7, 11) is 5.33.